The molecule has 0 aromatic heterocycles. The molecule has 2 heterocycles. The number of rotatable bonds is 5. The summed E-state index contributed by atoms with van der Waals surface area (Å²) >= 11 is 0. The molecule has 2 unspecified atom stereocenters. The molecule has 1 aromatic rings. The molecule has 2 fully saturated rings. The Kier molecular flexibility index (Phi) is 4.94. The van der Waals surface area contributed by atoms with E-state index in [-0.39, 0.29) is 0 Å². The van der Waals surface area contributed by atoms with Gasteiger partial charge in [0, 0.05) is 31.7 Å². The summed E-state index contributed by atoms with van der Waals surface area (Å²) in [4.78, 5) is 5.29. The second-order valence-electron chi connectivity index (χ2n) is 6.53. The van der Waals surface area contributed by atoms with E-state index in [9.17, 15) is 0 Å². The summed E-state index contributed by atoms with van der Waals surface area (Å²) in [5, 5.41) is 0. The molecule has 0 radical (unpaired) electrons. The van der Waals surface area contributed by atoms with Crippen LogP contribution in [0.15, 0.2) is 24.3 Å². The van der Waals surface area contributed by atoms with Gasteiger partial charge in [0.15, 0.2) is 0 Å². The summed E-state index contributed by atoms with van der Waals surface area (Å²) in [5.74, 6) is 0. The van der Waals surface area contributed by atoms with Gasteiger partial charge in [-0.05, 0) is 49.9 Å². The second-order valence-corrected chi connectivity index (χ2v) is 6.53. The lowest BCUT2D eigenvalue weighted by Crippen LogP contribution is -2.38. The topological polar surface area (TPSA) is 32.5 Å². The van der Waals surface area contributed by atoms with E-state index >= 15 is 0 Å². The highest BCUT2D eigenvalue weighted by atomic mass is 15.3. The van der Waals surface area contributed by atoms with Gasteiger partial charge in [-0.3, -0.25) is 9.80 Å². The smallest absolute Gasteiger partial charge is 0.0471 e. The number of hydrogen-bond acceptors (Lipinski definition) is 3. The van der Waals surface area contributed by atoms with E-state index in [1.54, 1.807) is 0 Å². The van der Waals surface area contributed by atoms with Crippen molar-refractivity contribution in [3.63, 3.8) is 0 Å². The van der Waals surface area contributed by atoms with Crippen LogP contribution in [0.2, 0.25) is 0 Å². The van der Waals surface area contributed by atoms with Gasteiger partial charge in [-0.1, -0.05) is 31.2 Å². The number of hydrogen-bond donors (Lipinski definition) is 1. The third-order valence-corrected chi connectivity index (χ3v) is 5.29. The molecule has 0 saturated carbocycles. The zero-order chi connectivity index (χ0) is 14.7. The van der Waals surface area contributed by atoms with E-state index in [0.717, 1.165) is 19.0 Å². The van der Waals surface area contributed by atoms with Crippen LogP contribution < -0.4 is 5.73 Å². The predicted molar refractivity (Wildman–Crippen MR) is 88.4 cm³/mol. The highest BCUT2D eigenvalue weighted by molar-refractivity contribution is 5.25. The molecule has 2 N–H and O–H groups in total. The van der Waals surface area contributed by atoms with Crippen LogP contribution in [0.3, 0.4) is 0 Å². The molecule has 21 heavy (non-hydrogen) atoms. The Morgan fingerprint density at radius 3 is 2.48 bits per heavy atom. The molecule has 2 aliphatic heterocycles. The SMILES string of the molecule is CCc1ccc(C(CN)N2CCC(N3CCCC3)C2)cc1. The molecule has 3 heteroatoms. The number of aryl methyl sites for hydroxylation is 1. The van der Waals surface area contributed by atoms with Gasteiger partial charge in [0.25, 0.3) is 0 Å². The molecule has 3 nitrogen and oxygen atoms in total. The molecule has 0 amide bonds. The highest BCUT2D eigenvalue weighted by Gasteiger charge is 2.32. The Labute approximate surface area is 129 Å². The van der Waals surface area contributed by atoms with Gasteiger partial charge in [-0.25, -0.2) is 0 Å². The van der Waals surface area contributed by atoms with Crippen LogP contribution in [0.1, 0.15) is 43.4 Å². The maximum absolute atomic E-state index is 6.10. The molecule has 1 aromatic carbocycles. The van der Waals surface area contributed by atoms with E-state index in [1.165, 1.54) is 56.6 Å². The lowest BCUT2D eigenvalue weighted by atomic mass is 10.0. The molecular weight excluding hydrogens is 258 g/mol. The first-order valence-electron chi connectivity index (χ1n) is 8.59. The van der Waals surface area contributed by atoms with Crippen LogP contribution in [0, 0.1) is 0 Å². The molecular formula is C18H29N3. The van der Waals surface area contributed by atoms with Crippen LogP contribution in [-0.2, 0) is 6.42 Å². The van der Waals surface area contributed by atoms with Crippen molar-refractivity contribution in [3.05, 3.63) is 35.4 Å². The van der Waals surface area contributed by atoms with E-state index in [1.807, 2.05) is 0 Å². The van der Waals surface area contributed by atoms with Gasteiger partial charge in [-0.15, -0.1) is 0 Å². The van der Waals surface area contributed by atoms with Crippen molar-refractivity contribution < 1.29 is 0 Å². The minimum atomic E-state index is 0.392. The normalized spacial score (nSPS) is 25.5. The zero-order valence-corrected chi connectivity index (χ0v) is 13.3. The fourth-order valence-corrected chi connectivity index (χ4v) is 3.93. The third kappa shape index (κ3) is 3.31. The van der Waals surface area contributed by atoms with Crippen LogP contribution in [-0.4, -0.2) is 48.6 Å². The first-order chi connectivity index (χ1) is 10.3. The van der Waals surface area contributed by atoms with Crippen molar-refractivity contribution in [2.24, 2.45) is 5.73 Å². The first kappa shape index (κ1) is 15.0. The first-order valence-corrected chi connectivity index (χ1v) is 8.59. The zero-order valence-electron chi connectivity index (χ0n) is 13.3. The van der Waals surface area contributed by atoms with Crippen molar-refractivity contribution in [1.82, 2.24) is 9.80 Å². The van der Waals surface area contributed by atoms with Crippen molar-refractivity contribution in [3.8, 4) is 0 Å². The fourth-order valence-electron chi connectivity index (χ4n) is 3.93. The quantitative estimate of drug-likeness (QED) is 0.903. The van der Waals surface area contributed by atoms with Crippen molar-refractivity contribution in [2.45, 2.75) is 44.7 Å². The van der Waals surface area contributed by atoms with Gasteiger partial charge >= 0.3 is 0 Å². The standard InChI is InChI=1S/C18H29N3/c1-2-15-5-7-16(8-6-15)18(13-19)21-12-9-17(14-21)20-10-3-4-11-20/h5-8,17-18H,2-4,9-14,19H2,1H3. The lowest BCUT2D eigenvalue weighted by molar-refractivity contribution is 0.203. The Morgan fingerprint density at radius 1 is 1.14 bits per heavy atom. The van der Waals surface area contributed by atoms with Crippen LogP contribution >= 0.6 is 0 Å². The van der Waals surface area contributed by atoms with Crippen LogP contribution in [0.4, 0.5) is 0 Å². The van der Waals surface area contributed by atoms with E-state index < -0.39 is 0 Å². The van der Waals surface area contributed by atoms with Gasteiger partial charge in [0.1, 0.15) is 0 Å². The summed E-state index contributed by atoms with van der Waals surface area (Å²) in [5.41, 5.74) is 8.89. The lowest BCUT2D eigenvalue weighted by Gasteiger charge is -2.29. The Morgan fingerprint density at radius 2 is 1.86 bits per heavy atom. The minimum Gasteiger partial charge on any atom is -0.329 e. The van der Waals surface area contributed by atoms with Crippen molar-refractivity contribution in [2.75, 3.05) is 32.7 Å². The molecule has 0 aliphatic carbocycles. The van der Waals surface area contributed by atoms with E-state index in [2.05, 4.69) is 41.0 Å². The summed E-state index contributed by atoms with van der Waals surface area (Å²) in [6.45, 7) is 7.92. The second kappa shape index (κ2) is 6.91. The van der Waals surface area contributed by atoms with Crippen LogP contribution in [0.25, 0.3) is 0 Å². The number of benzene rings is 1. The van der Waals surface area contributed by atoms with Crippen molar-refractivity contribution in [1.29, 1.82) is 0 Å². The van der Waals surface area contributed by atoms with Gasteiger partial charge in [0.05, 0.1) is 0 Å². The molecule has 3 rings (SSSR count). The van der Waals surface area contributed by atoms with Crippen molar-refractivity contribution >= 4 is 0 Å². The maximum atomic E-state index is 6.10. The Bertz CT molecular complexity index is 436. The fraction of sp³-hybridized carbons (Fsp3) is 0.667. The van der Waals surface area contributed by atoms with Gasteiger partial charge in [0.2, 0.25) is 0 Å². The summed E-state index contributed by atoms with van der Waals surface area (Å²) < 4.78 is 0. The monoisotopic (exact) mass is 287 g/mol. The van der Waals surface area contributed by atoms with Gasteiger partial charge in [-0.2, -0.15) is 0 Å². The predicted octanol–water partition coefficient (Wildman–Crippen LogP) is 2.42. The number of nitrogens with zero attached hydrogens (tertiary/aromatic N) is 2. The molecule has 0 bridgehead atoms. The molecule has 2 saturated heterocycles. The summed E-state index contributed by atoms with van der Waals surface area (Å²) in [6.07, 6.45) is 5.18. The van der Waals surface area contributed by atoms with Crippen LogP contribution in [0.5, 0.6) is 0 Å². The molecule has 2 atom stereocenters. The maximum Gasteiger partial charge on any atom is 0.0471 e. The minimum absolute atomic E-state index is 0.392. The number of nitrogens with two attached hydrogens (primary N) is 1. The Hall–Kier alpha value is -0.900. The average Bonchev–Trinajstić information content (AvgIpc) is 3.20. The average molecular weight is 287 g/mol. The summed E-state index contributed by atoms with van der Waals surface area (Å²) in [6, 6.07) is 10.2. The summed E-state index contributed by atoms with van der Waals surface area (Å²) in [7, 11) is 0. The molecule has 0 spiro atoms. The van der Waals surface area contributed by atoms with E-state index in [0.29, 0.717) is 6.04 Å². The Balaban J connectivity index is 1.65. The molecule has 2 aliphatic rings. The van der Waals surface area contributed by atoms with E-state index in [4.69, 9.17) is 5.73 Å². The molecule has 116 valence electrons. The highest BCUT2D eigenvalue weighted by Crippen LogP contribution is 2.28. The largest absolute Gasteiger partial charge is 0.329 e. The third-order valence-electron chi connectivity index (χ3n) is 5.29. The van der Waals surface area contributed by atoms with Gasteiger partial charge < -0.3 is 5.73 Å². The number of likely N-dealkylation sites (tertiary alicyclic amines) is 2.